The van der Waals surface area contributed by atoms with Gasteiger partial charge in [-0.2, -0.15) is 0 Å². The van der Waals surface area contributed by atoms with Gasteiger partial charge >= 0.3 is 6.03 Å². The highest BCUT2D eigenvalue weighted by Gasteiger charge is 2.28. The number of hydrogen-bond donors (Lipinski definition) is 2. The standard InChI is InChI=1S/C12H24N4O/c1-2-11(9-13)15-5-7-16(8-6-15)12(17)14-10-3-4-10/h10-11H,2-9,13H2,1H3,(H,14,17). The van der Waals surface area contributed by atoms with Crippen LogP contribution in [0.15, 0.2) is 0 Å². The zero-order chi connectivity index (χ0) is 12.3. The van der Waals surface area contributed by atoms with Crippen molar-refractivity contribution in [2.75, 3.05) is 32.7 Å². The van der Waals surface area contributed by atoms with Gasteiger partial charge in [0.15, 0.2) is 0 Å². The van der Waals surface area contributed by atoms with Crippen molar-refractivity contribution in [2.45, 2.75) is 38.3 Å². The number of nitrogens with two attached hydrogens (primary N) is 1. The van der Waals surface area contributed by atoms with Crippen LogP contribution in [0.1, 0.15) is 26.2 Å². The average Bonchev–Trinajstić information content (AvgIpc) is 3.15. The maximum atomic E-state index is 11.8. The monoisotopic (exact) mass is 240 g/mol. The van der Waals surface area contributed by atoms with E-state index >= 15 is 0 Å². The SMILES string of the molecule is CCC(CN)N1CCN(C(=O)NC2CC2)CC1. The Kier molecular flexibility index (Phi) is 4.23. The molecule has 2 fully saturated rings. The van der Waals surface area contributed by atoms with Crippen LogP contribution in [0.3, 0.4) is 0 Å². The lowest BCUT2D eigenvalue weighted by Crippen LogP contribution is -2.55. The third kappa shape index (κ3) is 3.33. The van der Waals surface area contributed by atoms with Crippen molar-refractivity contribution >= 4 is 6.03 Å². The van der Waals surface area contributed by atoms with Crippen molar-refractivity contribution in [1.29, 1.82) is 0 Å². The second-order valence-electron chi connectivity index (χ2n) is 5.04. The van der Waals surface area contributed by atoms with Gasteiger partial charge in [-0.25, -0.2) is 4.79 Å². The van der Waals surface area contributed by atoms with Gasteiger partial charge in [-0.3, -0.25) is 4.90 Å². The van der Waals surface area contributed by atoms with Gasteiger partial charge in [0, 0.05) is 44.8 Å². The minimum absolute atomic E-state index is 0.118. The fraction of sp³-hybridized carbons (Fsp3) is 0.917. The molecule has 1 aliphatic carbocycles. The second kappa shape index (κ2) is 5.69. The molecule has 0 radical (unpaired) electrons. The summed E-state index contributed by atoms with van der Waals surface area (Å²) in [6.07, 6.45) is 3.39. The van der Waals surface area contributed by atoms with Crippen LogP contribution in [-0.4, -0.2) is 60.6 Å². The molecule has 1 aliphatic heterocycles. The van der Waals surface area contributed by atoms with Crippen LogP contribution in [-0.2, 0) is 0 Å². The number of urea groups is 1. The largest absolute Gasteiger partial charge is 0.335 e. The molecule has 2 amide bonds. The number of nitrogens with zero attached hydrogens (tertiary/aromatic N) is 2. The Labute approximate surface area is 103 Å². The third-order valence-corrected chi connectivity index (χ3v) is 3.77. The Balaban J connectivity index is 1.74. The molecule has 3 N–H and O–H groups in total. The molecule has 1 saturated carbocycles. The predicted octanol–water partition coefficient (Wildman–Crippen LogP) is 0.213. The quantitative estimate of drug-likeness (QED) is 0.738. The molecule has 0 aromatic carbocycles. The molecule has 0 spiro atoms. The van der Waals surface area contributed by atoms with Gasteiger partial charge in [-0.1, -0.05) is 6.92 Å². The van der Waals surface area contributed by atoms with Gasteiger partial charge in [0.2, 0.25) is 0 Å². The summed E-state index contributed by atoms with van der Waals surface area (Å²) in [7, 11) is 0. The number of amides is 2. The number of carbonyl (C=O) groups excluding carboxylic acids is 1. The highest BCUT2D eigenvalue weighted by molar-refractivity contribution is 5.75. The first-order valence-corrected chi connectivity index (χ1v) is 6.74. The summed E-state index contributed by atoms with van der Waals surface area (Å²) in [4.78, 5) is 16.2. The van der Waals surface area contributed by atoms with Gasteiger partial charge in [0.25, 0.3) is 0 Å². The van der Waals surface area contributed by atoms with E-state index in [0.29, 0.717) is 18.6 Å². The first-order valence-electron chi connectivity index (χ1n) is 6.74. The molecule has 2 aliphatic rings. The maximum absolute atomic E-state index is 11.8. The van der Waals surface area contributed by atoms with E-state index in [0.717, 1.165) is 45.4 Å². The van der Waals surface area contributed by atoms with Crippen LogP contribution in [0, 0.1) is 0 Å². The van der Waals surface area contributed by atoms with E-state index in [9.17, 15) is 4.79 Å². The average molecular weight is 240 g/mol. The molecule has 0 aromatic rings. The van der Waals surface area contributed by atoms with Crippen molar-refractivity contribution in [2.24, 2.45) is 5.73 Å². The van der Waals surface area contributed by atoms with Crippen molar-refractivity contribution in [3.05, 3.63) is 0 Å². The number of hydrogen-bond acceptors (Lipinski definition) is 3. The van der Waals surface area contributed by atoms with Gasteiger partial charge < -0.3 is 16.0 Å². The molecule has 98 valence electrons. The molecular formula is C12H24N4O. The smallest absolute Gasteiger partial charge is 0.317 e. The summed E-state index contributed by atoms with van der Waals surface area (Å²) < 4.78 is 0. The van der Waals surface area contributed by atoms with Gasteiger partial charge in [-0.05, 0) is 19.3 Å². The number of carbonyl (C=O) groups is 1. The van der Waals surface area contributed by atoms with E-state index in [1.54, 1.807) is 0 Å². The Morgan fingerprint density at radius 2 is 2.00 bits per heavy atom. The molecule has 5 heteroatoms. The maximum Gasteiger partial charge on any atom is 0.317 e. The zero-order valence-corrected chi connectivity index (χ0v) is 10.7. The van der Waals surface area contributed by atoms with E-state index in [2.05, 4.69) is 17.1 Å². The Morgan fingerprint density at radius 1 is 1.35 bits per heavy atom. The van der Waals surface area contributed by atoms with Gasteiger partial charge in [0.1, 0.15) is 0 Å². The molecule has 17 heavy (non-hydrogen) atoms. The first-order chi connectivity index (χ1) is 8.24. The predicted molar refractivity (Wildman–Crippen MR) is 67.8 cm³/mol. The summed E-state index contributed by atoms with van der Waals surface area (Å²) in [5, 5.41) is 3.04. The number of piperazine rings is 1. The summed E-state index contributed by atoms with van der Waals surface area (Å²) in [5.41, 5.74) is 5.75. The summed E-state index contributed by atoms with van der Waals surface area (Å²) in [6.45, 7) is 6.44. The van der Waals surface area contributed by atoms with Crippen LogP contribution in [0.2, 0.25) is 0 Å². The molecule has 0 aromatic heterocycles. The van der Waals surface area contributed by atoms with Crippen LogP contribution < -0.4 is 11.1 Å². The lowest BCUT2D eigenvalue weighted by molar-refractivity contribution is 0.108. The Morgan fingerprint density at radius 3 is 2.47 bits per heavy atom. The second-order valence-corrected chi connectivity index (χ2v) is 5.04. The minimum atomic E-state index is 0.118. The third-order valence-electron chi connectivity index (χ3n) is 3.77. The fourth-order valence-electron chi connectivity index (χ4n) is 2.36. The van der Waals surface area contributed by atoms with E-state index < -0.39 is 0 Å². The van der Waals surface area contributed by atoms with Gasteiger partial charge in [-0.15, -0.1) is 0 Å². The summed E-state index contributed by atoms with van der Waals surface area (Å²) in [5.74, 6) is 0. The molecule has 0 bridgehead atoms. The Hall–Kier alpha value is -0.810. The number of nitrogens with one attached hydrogen (secondary N) is 1. The number of rotatable bonds is 4. The van der Waals surface area contributed by atoms with E-state index in [1.165, 1.54) is 0 Å². The molecule has 2 rings (SSSR count). The van der Waals surface area contributed by atoms with E-state index in [1.807, 2.05) is 4.90 Å². The topological polar surface area (TPSA) is 61.6 Å². The van der Waals surface area contributed by atoms with Crippen LogP contribution in [0.4, 0.5) is 4.79 Å². The van der Waals surface area contributed by atoms with Crippen LogP contribution >= 0.6 is 0 Å². The molecule has 1 atom stereocenters. The normalized spacial score (nSPS) is 23.5. The molecule has 1 heterocycles. The first kappa shape index (κ1) is 12.6. The molecule has 1 saturated heterocycles. The molecular weight excluding hydrogens is 216 g/mol. The Bertz CT molecular complexity index is 255. The van der Waals surface area contributed by atoms with Crippen molar-refractivity contribution < 1.29 is 4.79 Å². The van der Waals surface area contributed by atoms with Gasteiger partial charge in [0.05, 0.1) is 0 Å². The highest BCUT2D eigenvalue weighted by atomic mass is 16.2. The summed E-state index contributed by atoms with van der Waals surface area (Å²) >= 11 is 0. The lowest BCUT2D eigenvalue weighted by atomic mass is 10.1. The van der Waals surface area contributed by atoms with Crippen molar-refractivity contribution in [1.82, 2.24) is 15.1 Å². The van der Waals surface area contributed by atoms with E-state index in [-0.39, 0.29) is 6.03 Å². The fourth-order valence-corrected chi connectivity index (χ4v) is 2.36. The van der Waals surface area contributed by atoms with Crippen molar-refractivity contribution in [3.8, 4) is 0 Å². The van der Waals surface area contributed by atoms with E-state index in [4.69, 9.17) is 5.73 Å². The van der Waals surface area contributed by atoms with Crippen molar-refractivity contribution in [3.63, 3.8) is 0 Å². The van der Waals surface area contributed by atoms with Crippen LogP contribution in [0.25, 0.3) is 0 Å². The van der Waals surface area contributed by atoms with Crippen LogP contribution in [0.5, 0.6) is 0 Å². The lowest BCUT2D eigenvalue weighted by Gasteiger charge is -2.38. The minimum Gasteiger partial charge on any atom is -0.335 e. The molecule has 5 nitrogen and oxygen atoms in total. The molecule has 1 unspecified atom stereocenters. The highest BCUT2D eigenvalue weighted by Crippen LogP contribution is 2.19. The zero-order valence-electron chi connectivity index (χ0n) is 10.7. The summed E-state index contributed by atoms with van der Waals surface area (Å²) in [6, 6.07) is 1.05.